The van der Waals surface area contributed by atoms with Crippen LogP contribution in [0, 0.1) is 3.57 Å². The first-order valence-corrected chi connectivity index (χ1v) is 9.51. The van der Waals surface area contributed by atoms with E-state index in [-0.39, 0.29) is 17.1 Å². The summed E-state index contributed by atoms with van der Waals surface area (Å²) in [4.78, 5) is 38.7. The number of nitrogens with zero attached hydrogens (tertiary/aromatic N) is 1. The van der Waals surface area contributed by atoms with Crippen molar-refractivity contribution in [1.29, 1.82) is 0 Å². The molecule has 2 N–H and O–H groups in total. The molecule has 0 saturated carbocycles. The van der Waals surface area contributed by atoms with Gasteiger partial charge in [0.2, 0.25) is 0 Å². The number of carbonyl (C=O) groups excluding carboxylic acids is 3. The lowest BCUT2D eigenvalue weighted by atomic mass is 10.0. The molecule has 28 heavy (non-hydrogen) atoms. The van der Waals surface area contributed by atoms with Crippen LogP contribution in [0.4, 0.5) is 10.5 Å². The third-order valence-electron chi connectivity index (χ3n) is 4.30. The molecule has 8 heteroatoms. The highest BCUT2D eigenvalue weighted by Gasteiger charge is 2.37. The van der Waals surface area contributed by atoms with Crippen molar-refractivity contribution in [3.63, 3.8) is 0 Å². The smallest absolute Gasteiger partial charge is 0.335 e. The van der Waals surface area contributed by atoms with Crippen molar-refractivity contribution in [1.82, 2.24) is 5.32 Å². The molecule has 0 aromatic heterocycles. The molecule has 144 valence electrons. The molecular weight excluding hydrogens is 475 g/mol. The van der Waals surface area contributed by atoms with Crippen LogP contribution in [-0.2, 0) is 16.0 Å². The van der Waals surface area contributed by atoms with Crippen LogP contribution in [0.25, 0.3) is 6.08 Å². The summed E-state index contributed by atoms with van der Waals surface area (Å²) in [5, 5.41) is 12.2. The molecule has 0 bridgehead atoms. The Labute approximate surface area is 175 Å². The molecule has 0 radical (unpaired) electrons. The Kier molecular flexibility index (Phi) is 5.68. The van der Waals surface area contributed by atoms with E-state index in [4.69, 9.17) is 4.74 Å². The monoisotopic (exact) mass is 492 g/mol. The largest absolute Gasteiger partial charge is 0.504 e. The van der Waals surface area contributed by atoms with E-state index in [2.05, 4.69) is 5.32 Å². The van der Waals surface area contributed by atoms with Gasteiger partial charge in [0, 0.05) is 0 Å². The first-order chi connectivity index (χ1) is 13.4. The summed E-state index contributed by atoms with van der Waals surface area (Å²) in [5.74, 6) is -1.30. The van der Waals surface area contributed by atoms with Crippen LogP contribution >= 0.6 is 22.6 Å². The summed E-state index contributed by atoms with van der Waals surface area (Å²) in [7, 11) is 1.41. The van der Waals surface area contributed by atoms with Crippen LogP contribution in [0.15, 0.2) is 42.0 Å². The Morgan fingerprint density at radius 2 is 1.93 bits per heavy atom. The zero-order valence-corrected chi connectivity index (χ0v) is 17.3. The van der Waals surface area contributed by atoms with Gasteiger partial charge in [0.25, 0.3) is 11.8 Å². The maximum atomic E-state index is 13.0. The normalized spacial score (nSPS) is 15.8. The van der Waals surface area contributed by atoms with Crippen molar-refractivity contribution < 1.29 is 24.2 Å². The number of para-hydroxylation sites is 1. The van der Waals surface area contributed by atoms with E-state index < -0.39 is 17.8 Å². The van der Waals surface area contributed by atoms with Gasteiger partial charge in [-0.25, -0.2) is 9.69 Å². The van der Waals surface area contributed by atoms with Gasteiger partial charge in [0.15, 0.2) is 11.5 Å². The number of carbonyl (C=O) groups is 3. The van der Waals surface area contributed by atoms with Crippen molar-refractivity contribution in [3.8, 4) is 11.5 Å². The molecule has 1 aliphatic rings. The van der Waals surface area contributed by atoms with Gasteiger partial charge >= 0.3 is 6.03 Å². The van der Waals surface area contributed by atoms with Crippen molar-refractivity contribution in [2.45, 2.75) is 13.3 Å². The predicted octanol–water partition coefficient (Wildman–Crippen LogP) is 3.23. The SMILES string of the molecule is CCc1ccccc1N1C(=O)NC(=O)C(=Cc2cc(I)c(O)c(OC)c2)C1=O. The summed E-state index contributed by atoms with van der Waals surface area (Å²) in [6.45, 7) is 1.91. The van der Waals surface area contributed by atoms with E-state index in [1.165, 1.54) is 19.3 Å². The second kappa shape index (κ2) is 8.01. The number of anilines is 1. The average Bonchev–Trinajstić information content (AvgIpc) is 2.67. The number of phenolic OH excluding ortho intramolecular Hbond substituents is 1. The highest BCUT2D eigenvalue weighted by atomic mass is 127. The standard InChI is InChI=1S/C20H17IN2O5/c1-3-12-6-4-5-7-15(12)23-19(26)13(18(25)22-20(23)27)8-11-9-14(21)17(24)16(10-11)28-2/h4-10,24H,3H2,1-2H3,(H,22,25,27). The Bertz CT molecular complexity index is 1020. The van der Waals surface area contributed by atoms with Crippen molar-refractivity contribution in [3.05, 3.63) is 56.7 Å². The fraction of sp³-hybridized carbons (Fsp3) is 0.150. The zero-order chi connectivity index (χ0) is 20.4. The summed E-state index contributed by atoms with van der Waals surface area (Å²) in [6.07, 6.45) is 1.99. The Morgan fingerprint density at radius 1 is 1.21 bits per heavy atom. The Balaban J connectivity index is 2.08. The quantitative estimate of drug-likeness (QED) is 0.388. The van der Waals surface area contributed by atoms with Gasteiger partial charge < -0.3 is 9.84 Å². The number of imide groups is 2. The molecular formula is C20H17IN2O5. The average molecular weight is 492 g/mol. The maximum absolute atomic E-state index is 13.0. The number of aromatic hydroxyl groups is 1. The van der Waals surface area contributed by atoms with Crippen LogP contribution < -0.4 is 15.0 Å². The highest BCUT2D eigenvalue weighted by molar-refractivity contribution is 14.1. The van der Waals surface area contributed by atoms with Gasteiger partial charge in [-0.3, -0.25) is 14.9 Å². The number of aryl methyl sites for hydroxylation is 1. The summed E-state index contributed by atoms with van der Waals surface area (Å²) >= 11 is 1.92. The van der Waals surface area contributed by atoms with Crippen LogP contribution in [0.1, 0.15) is 18.1 Å². The lowest BCUT2D eigenvalue weighted by Gasteiger charge is -2.28. The fourth-order valence-electron chi connectivity index (χ4n) is 2.90. The molecule has 1 fully saturated rings. The number of ether oxygens (including phenoxy) is 1. The van der Waals surface area contributed by atoms with E-state index in [0.29, 0.717) is 21.2 Å². The van der Waals surface area contributed by atoms with Gasteiger partial charge in [0.1, 0.15) is 5.57 Å². The summed E-state index contributed by atoms with van der Waals surface area (Å²) < 4.78 is 5.61. The number of rotatable bonds is 4. The number of hydrogen-bond donors (Lipinski definition) is 2. The Hall–Kier alpha value is -2.88. The second-order valence-electron chi connectivity index (χ2n) is 5.99. The highest BCUT2D eigenvalue weighted by Crippen LogP contribution is 2.33. The first kappa shape index (κ1) is 19.9. The predicted molar refractivity (Wildman–Crippen MR) is 112 cm³/mol. The van der Waals surface area contributed by atoms with Crippen molar-refractivity contribution >= 4 is 52.2 Å². The number of methoxy groups -OCH3 is 1. The number of halogens is 1. The van der Waals surface area contributed by atoms with Crippen LogP contribution in [-0.4, -0.2) is 30.1 Å². The number of barbiturate groups is 1. The molecule has 1 heterocycles. The van der Waals surface area contributed by atoms with Crippen LogP contribution in [0.3, 0.4) is 0 Å². The first-order valence-electron chi connectivity index (χ1n) is 8.43. The lowest BCUT2D eigenvalue weighted by Crippen LogP contribution is -2.54. The van der Waals surface area contributed by atoms with Crippen molar-refractivity contribution in [2.75, 3.05) is 12.0 Å². The number of urea groups is 1. The van der Waals surface area contributed by atoms with Gasteiger partial charge in [0.05, 0.1) is 16.4 Å². The van der Waals surface area contributed by atoms with Crippen molar-refractivity contribution in [2.24, 2.45) is 0 Å². The van der Waals surface area contributed by atoms with Gasteiger partial charge in [-0.05, 0) is 64.4 Å². The minimum absolute atomic E-state index is 0.0293. The fourth-order valence-corrected chi connectivity index (χ4v) is 3.53. The molecule has 1 saturated heterocycles. The molecule has 2 aromatic rings. The summed E-state index contributed by atoms with van der Waals surface area (Å²) in [6, 6.07) is 9.35. The van der Waals surface area contributed by atoms with Gasteiger partial charge in [-0.1, -0.05) is 25.1 Å². The number of nitrogens with one attached hydrogen (secondary N) is 1. The molecule has 7 nitrogen and oxygen atoms in total. The minimum atomic E-state index is -0.786. The van der Waals surface area contributed by atoms with E-state index >= 15 is 0 Å². The molecule has 0 spiro atoms. The summed E-state index contributed by atoms with van der Waals surface area (Å²) in [5.41, 5.74) is 1.54. The third kappa shape index (κ3) is 3.59. The number of benzene rings is 2. The maximum Gasteiger partial charge on any atom is 0.335 e. The van der Waals surface area contributed by atoms with Gasteiger partial charge in [-0.2, -0.15) is 0 Å². The topological polar surface area (TPSA) is 95.9 Å². The van der Waals surface area contributed by atoms with E-state index in [1.807, 2.05) is 41.6 Å². The molecule has 4 amide bonds. The van der Waals surface area contributed by atoms with Crippen LogP contribution in [0.2, 0.25) is 0 Å². The molecule has 0 unspecified atom stereocenters. The number of amides is 4. The lowest BCUT2D eigenvalue weighted by molar-refractivity contribution is -0.122. The molecule has 0 atom stereocenters. The zero-order valence-electron chi connectivity index (χ0n) is 15.2. The van der Waals surface area contributed by atoms with E-state index in [1.54, 1.807) is 18.2 Å². The second-order valence-corrected chi connectivity index (χ2v) is 7.16. The Morgan fingerprint density at radius 3 is 2.61 bits per heavy atom. The van der Waals surface area contributed by atoms with Crippen LogP contribution in [0.5, 0.6) is 11.5 Å². The van der Waals surface area contributed by atoms with E-state index in [9.17, 15) is 19.5 Å². The minimum Gasteiger partial charge on any atom is -0.504 e. The third-order valence-corrected chi connectivity index (χ3v) is 5.12. The number of hydrogen-bond acceptors (Lipinski definition) is 5. The number of phenols is 1. The van der Waals surface area contributed by atoms with E-state index in [0.717, 1.165) is 10.5 Å². The molecule has 1 aliphatic heterocycles. The van der Waals surface area contributed by atoms with Gasteiger partial charge in [-0.15, -0.1) is 0 Å². The molecule has 2 aromatic carbocycles. The molecule has 0 aliphatic carbocycles. The molecule has 3 rings (SSSR count).